The Morgan fingerprint density at radius 3 is 0.919 bits per heavy atom. The third kappa shape index (κ3) is 50.9. The molecule has 0 aromatic heterocycles. The molecule has 370 valence electrons. The van der Waals surface area contributed by atoms with E-state index in [9.17, 15) is 9.59 Å². The molecule has 0 N–H and O–H groups in total. The maximum absolute atomic E-state index is 11.9. The maximum atomic E-state index is 11.9. The van der Waals surface area contributed by atoms with Crippen LogP contribution in [-0.2, 0) is 66.4 Å². The number of hydrogen-bond donors (Lipinski definition) is 0. The Kier molecular flexibility index (Phi) is 47.4. The van der Waals surface area contributed by atoms with E-state index in [1.54, 1.807) is 7.05 Å². The predicted molar refractivity (Wildman–Crippen MR) is 239 cm³/mol. The van der Waals surface area contributed by atoms with Crippen molar-refractivity contribution >= 4 is 12.1 Å². The van der Waals surface area contributed by atoms with Gasteiger partial charge in [-0.3, -0.25) is 4.79 Å². The van der Waals surface area contributed by atoms with Gasteiger partial charge in [-0.15, -0.1) is 0 Å². The Morgan fingerprint density at radius 2 is 0.629 bits per heavy atom. The Hall–Kier alpha value is -1.70. The fraction of sp³-hybridized carbons (Fsp3) is 0.957. The molecule has 0 fully saturated rings. The van der Waals surface area contributed by atoms with Crippen LogP contribution in [-0.4, -0.2) is 188 Å². The number of likely N-dealkylation sites (N-methyl/N-ethyl adjacent to an activating group) is 1. The SMILES string of the molecule is CCCCCCCCCCCCCCCC(=O)OCCOCCOCCOCCOCCOCCOCCOCCOCCOCCOCCOCCN(C)C(=O)OC(C)(C)C. The van der Waals surface area contributed by atoms with E-state index in [1.165, 1.54) is 75.5 Å². The molecule has 0 rings (SSSR count). The number of hydrogen-bond acceptors (Lipinski definition) is 15. The molecule has 0 bridgehead atoms. The quantitative estimate of drug-likeness (QED) is 0.0451. The average Bonchev–Trinajstić information content (AvgIpc) is 3.24. The molecule has 16 heteroatoms. The Morgan fingerprint density at radius 1 is 0.371 bits per heavy atom. The molecule has 0 radical (unpaired) electrons. The highest BCUT2D eigenvalue weighted by atomic mass is 16.6. The van der Waals surface area contributed by atoms with Crippen LogP contribution in [0.15, 0.2) is 0 Å². The number of carbonyl (C=O) groups is 2. The second-order valence-corrected chi connectivity index (χ2v) is 15.9. The highest BCUT2D eigenvalue weighted by Gasteiger charge is 2.19. The molecule has 0 heterocycles. The molecule has 0 aliphatic carbocycles. The number of nitrogens with zero attached hydrogens (tertiary/aromatic N) is 1. The third-order valence-corrected chi connectivity index (χ3v) is 8.97. The second-order valence-electron chi connectivity index (χ2n) is 15.9. The van der Waals surface area contributed by atoms with Gasteiger partial charge in [0.15, 0.2) is 0 Å². The summed E-state index contributed by atoms with van der Waals surface area (Å²) >= 11 is 0. The minimum atomic E-state index is -0.514. The number of carbonyl (C=O) groups excluding carboxylic acids is 2. The van der Waals surface area contributed by atoms with Gasteiger partial charge in [0.25, 0.3) is 0 Å². The monoisotopic (exact) mass is 898 g/mol. The first kappa shape index (κ1) is 60.3. The van der Waals surface area contributed by atoms with E-state index >= 15 is 0 Å². The molecule has 0 spiro atoms. The summed E-state index contributed by atoms with van der Waals surface area (Å²) in [6, 6.07) is 0. The van der Waals surface area contributed by atoms with E-state index in [2.05, 4.69) is 6.92 Å². The normalized spacial score (nSPS) is 11.7. The third-order valence-electron chi connectivity index (χ3n) is 8.97. The van der Waals surface area contributed by atoms with Crippen LogP contribution >= 0.6 is 0 Å². The molecule has 0 aromatic rings. The predicted octanol–water partition coefficient (Wildman–Crippen LogP) is 7.06. The van der Waals surface area contributed by atoms with Gasteiger partial charge in [-0.25, -0.2) is 4.79 Å². The molecule has 16 nitrogen and oxygen atoms in total. The molecule has 0 saturated heterocycles. The average molecular weight is 898 g/mol. The maximum Gasteiger partial charge on any atom is 0.410 e. The number of unbranched alkanes of at least 4 members (excludes halogenated alkanes) is 12. The van der Waals surface area contributed by atoms with Crippen LogP contribution in [0.25, 0.3) is 0 Å². The van der Waals surface area contributed by atoms with E-state index in [0.29, 0.717) is 158 Å². The van der Waals surface area contributed by atoms with Crippen molar-refractivity contribution in [1.29, 1.82) is 0 Å². The van der Waals surface area contributed by atoms with Gasteiger partial charge in [-0.2, -0.15) is 0 Å². The Labute approximate surface area is 376 Å². The fourth-order valence-corrected chi connectivity index (χ4v) is 5.51. The number of rotatable bonds is 50. The molecule has 62 heavy (non-hydrogen) atoms. The van der Waals surface area contributed by atoms with Crippen LogP contribution in [0.4, 0.5) is 4.79 Å². The minimum absolute atomic E-state index is 0.136. The van der Waals surface area contributed by atoms with Gasteiger partial charge in [0.05, 0.1) is 145 Å². The topological polar surface area (TPSA) is 157 Å². The summed E-state index contributed by atoms with van der Waals surface area (Å²) in [5.41, 5.74) is -0.514. The van der Waals surface area contributed by atoms with E-state index in [0.717, 1.165) is 12.8 Å². The summed E-state index contributed by atoms with van der Waals surface area (Å²) in [7, 11) is 1.68. The van der Waals surface area contributed by atoms with Gasteiger partial charge in [0.1, 0.15) is 12.2 Å². The Bertz CT molecular complexity index is 927. The zero-order valence-corrected chi connectivity index (χ0v) is 39.9. The van der Waals surface area contributed by atoms with Crippen molar-refractivity contribution in [3.8, 4) is 0 Å². The van der Waals surface area contributed by atoms with Crippen molar-refractivity contribution < 1.29 is 71.2 Å². The lowest BCUT2D eigenvalue weighted by atomic mass is 10.0. The fourth-order valence-electron chi connectivity index (χ4n) is 5.51. The summed E-state index contributed by atoms with van der Waals surface area (Å²) in [4.78, 5) is 25.3. The molecule has 0 unspecified atom stereocenters. The van der Waals surface area contributed by atoms with Crippen LogP contribution in [0.5, 0.6) is 0 Å². The van der Waals surface area contributed by atoms with Crippen molar-refractivity contribution in [3.63, 3.8) is 0 Å². The van der Waals surface area contributed by atoms with E-state index in [1.807, 2.05) is 20.8 Å². The molecule has 1 amide bonds. The highest BCUT2D eigenvalue weighted by Crippen LogP contribution is 2.13. The van der Waals surface area contributed by atoms with Crippen molar-refractivity contribution in [2.75, 3.05) is 166 Å². The summed E-state index contributed by atoms with van der Waals surface area (Å²) in [5, 5.41) is 0. The zero-order valence-electron chi connectivity index (χ0n) is 39.9. The highest BCUT2D eigenvalue weighted by molar-refractivity contribution is 5.69. The van der Waals surface area contributed by atoms with Crippen molar-refractivity contribution in [2.24, 2.45) is 0 Å². The standard InChI is InChI=1S/C46H91NO15/c1-6-7-8-9-10-11-12-13-14-15-16-17-18-19-44(48)61-43-42-60-41-40-59-39-38-58-37-36-57-35-34-56-33-32-55-31-30-54-29-28-53-27-26-52-25-24-51-23-22-50-21-20-47(5)45(49)62-46(2,3)4/h6-43H2,1-5H3. The molecule has 0 aliphatic heterocycles. The summed E-state index contributed by atoms with van der Waals surface area (Å²) < 4.78 is 71.0. The largest absolute Gasteiger partial charge is 0.463 e. The lowest BCUT2D eigenvalue weighted by molar-refractivity contribution is -0.145. The zero-order chi connectivity index (χ0) is 45.3. The first-order valence-electron chi connectivity index (χ1n) is 23.7. The minimum Gasteiger partial charge on any atom is -0.463 e. The van der Waals surface area contributed by atoms with Gasteiger partial charge in [-0.1, -0.05) is 84.0 Å². The van der Waals surface area contributed by atoms with E-state index in [-0.39, 0.29) is 18.7 Å². The molecule has 0 atom stereocenters. The van der Waals surface area contributed by atoms with Crippen LogP contribution in [0.2, 0.25) is 0 Å². The van der Waals surface area contributed by atoms with Gasteiger partial charge in [-0.05, 0) is 27.2 Å². The van der Waals surface area contributed by atoms with Crippen LogP contribution in [0, 0.1) is 0 Å². The second kappa shape index (κ2) is 48.7. The van der Waals surface area contributed by atoms with Crippen molar-refractivity contribution in [1.82, 2.24) is 4.90 Å². The summed E-state index contributed by atoms with van der Waals surface area (Å²) in [6.45, 7) is 18.9. The number of esters is 1. The number of amides is 1. The van der Waals surface area contributed by atoms with E-state index in [4.69, 9.17) is 61.6 Å². The molecule has 0 aliphatic rings. The first-order chi connectivity index (χ1) is 30.3. The van der Waals surface area contributed by atoms with Crippen LogP contribution in [0.3, 0.4) is 0 Å². The molecule has 0 aromatic carbocycles. The lowest BCUT2D eigenvalue weighted by Gasteiger charge is -2.24. The first-order valence-corrected chi connectivity index (χ1v) is 23.7. The summed E-state index contributed by atoms with van der Waals surface area (Å²) in [6.07, 6.45) is 16.9. The van der Waals surface area contributed by atoms with Gasteiger partial charge in [0, 0.05) is 20.0 Å². The number of ether oxygens (including phenoxy) is 13. The van der Waals surface area contributed by atoms with Crippen molar-refractivity contribution in [2.45, 2.75) is 123 Å². The lowest BCUT2D eigenvalue weighted by Crippen LogP contribution is -2.36. The van der Waals surface area contributed by atoms with E-state index < -0.39 is 5.60 Å². The molecule has 0 saturated carbocycles. The smallest absolute Gasteiger partial charge is 0.410 e. The molecular formula is C46H91NO15. The summed E-state index contributed by atoms with van der Waals surface area (Å²) in [5.74, 6) is -0.136. The Balaban J connectivity index is 3.17. The molecular weight excluding hydrogens is 806 g/mol. The van der Waals surface area contributed by atoms with Gasteiger partial charge >= 0.3 is 12.1 Å². The van der Waals surface area contributed by atoms with Gasteiger partial charge in [0.2, 0.25) is 0 Å². The van der Waals surface area contributed by atoms with Crippen LogP contribution in [0.1, 0.15) is 118 Å². The van der Waals surface area contributed by atoms with Gasteiger partial charge < -0.3 is 66.5 Å². The van der Waals surface area contributed by atoms with Crippen LogP contribution < -0.4 is 0 Å². The van der Waals surface area contributed by atoms with Crippen molar-refractivity contribution in [3.05, 3.63) is 0 Å².